The summed E-state index contributed by atoms with van der Waals surface area (Å²) in [4.78, 5) is 11.3. The zero-order valence-electron chi connectivity index (χ0n) is 8.42. The smallest absolute Gasteiger partial charge is 0.224 e. The van der Waals surface area contributed by atoms with Crippen LogP contribution in [0.15, 0.2) is 24.3 Å². The second-order valence-corrected chi connectivity index (χ2v) is 3.27. The number of carbonyl (C=O) groups is 1. The molecular formula is C11H16N2O. The van der Waals surface area contributed by atoms with Crippen LogP contribution in [0.2, 0.25) is 0 Å². The number of nitrogens with one attached hydrogen (secondary N) is 1. The highest BCUT2D eigenvalue weighted by Gasteiger charge is 2.01. The van der Waals surface area contributed by atoms with Gasteiger partial charge >= 0.3 is 0 Å². The van der Waals surface area contributed by atoms with Crippen LogP contribution in [0.1, 0.15) is 18.9 Å². The first-order chi connectivity index (χ1) is 6.72. The van der Waals surface area contributed by atoms with Gasteiger partial charge in [0, 0.05) is 12.2 Å². The zero-order chi connectivity index (χ0) is 10.4. The average molecular weight is 192 g/mol. The fourth-order valence-corrected chi connectivity index (χ4v) is 1.15. The Balaban J connectivity index is 2.44. The van der Waals surface area contributed by atoms with E-state index in [9.17, 15) is 4.79 Å². The summed E-state index contributed by atoms with van der Waals surface area (Å²) in [6.45, 7) is 2.78. The van der Waals surface area contributed by atoms with Crippen molar-refractivity contribution in [1.82, 2.24) is 5.32 Å². The Hall–Kier alpha value is -1.51. The van der Waals surface area contributed by atoms with Crippen molar-refractivity contribution in [3.63, 3.8) is 0 Å². The summed E-state index contributed by atoms with van der Waals surface area (Å²) in [5.74, 6) is 0.0663. The van der Waals surface area contributed by atoms with Gasteiger partial charge in [0.25, 0.3) is 0 Å². The summed E-state index contributed by atoms with van der Waals surface area (Å²) in [5.41, 5.74) is 7.26. The summed E-state index contributed by atoms with van der Waals surface area (Å²) in [6, 6.07) is 7.37. The third-order valence-corrected chi connectivity index (χ3v) is 1.92. The van der Waals surface area contributed by atoms with Crippen molar-refractivity contribution in [2.75, 3.05) is 12.3 Å². The Morgan fingerprint density at radius 2 is 2.00 bits per heavy atom. The van der Waals surface area contributed by atoms with E-state index < -0.39 is 0 Å². The Bertz CT molecular complexity index is 293. The maximum absolute atomic E-state index is 11.3. The van der Waals surface area contributed by atoms with Crippen LogP contribution < -0.4 is 11.1 Å². The first-order valence-corrected chi connectivity index (χ1v) is 4.83. The molecule has 0 saturated carbocycles. The normalized spacial score (nSPS) is 9.79. The molecular weight excluding hydrogens is 176 g/mol. The van der Waals surface area contributed by atoms with Gasteiger partial charge in [0.1, 0.15) is 0 Å². The molecule has 76 valence electrons. The summed E-state index contributed by atoms with van der Waals surface area (Å²) in [7, 11) is 0. The van der Waals surface area contributed by atoms with Gasteiger partial charge < -0.3 is 11.1 Å². The highest BCUT2D eigenvalue weighted by Crippen LogP contribution is 2.05. The van der Waals surface area contributed by atoms with Gasteiger partial charge in [0.15, 0.2) is 0 Å². The van der Waals surface area contributed by atoms with E-state index >= 15 is 0 Å². The van der Waals surface area contributed by atoms with Gasteiger partial charge in [0.2, 0.25) is 5.91 Å². The highest BCUT2D eigenvalue weighted by atomic mass is 16.1. The maximum atomic E-state index is 11.3. The molecule has 1 rings (SSSR count). The zero-order valence-corrected chi connectivity index (χ0v) is 8.42. The monoisotopic (exact) mass is 192 g/mol. The predicted octanol–water partition coefficient (Wildman–Crippen LogP) is 1.34. The molecule has 0 bridgehead atoms. The summed E-state index contributed by atoms with van der Waals surface area (Å²) < 4.78 is 0. The summed E-state index contributed by atoms with van der Waals surface area (Å²) in [5, 5.41) is 2.83. The van der Waals surface area contributed by atoms with Crippen molar-refractivity contribution < 1.29 is 4.79 Å². The largest absolute Gasteiger partial charge is 0.399 e. The third-order valence-electron chi connectivity index (χ3n) is 1.92. The lowest BCUT2D eigenvalue weighted by Gasteiger charge is -2.03. The van der Waals surface area contributed by atoms with Crippen LogP contribution >= 0.6 is 0 Å². The number of amides is 1. The lowest BCUT2D eigenvalue weighted by Crippen LogP contribution is -2.25. The lowest BCUT2D eigenvalue weighted by atomic mass is 10.1. The van der Waals surface area contributed by atoms with Gasteiger partial charge in [-0.05, 0) is 24.1 Å². The second-order valence-electron chi connectivity index (χ2n) is 3.27. The molecule has 3 heteroatoms. The number of nitrogen functional groups attached to an aromatic ring is 1. The number of carbonyl (C=O) groups excluding carboxylic acids is 1. The van der Waals surface area contributed by atoms with Crippen molar-refractivity contribution in [1.29, 1.82) is 0 Å². The Kier molecular flexibility index (Phi) is 3.98. The van der Waals surface area contributed by atoms with Crippen molar-refractivity contribution >= 4 is 11.6 Å². The molecule has 0 aliphatic heterocycles. The van der Waals surface area contributed by atoms with E-state index in [2.05, 4.69) is 5.32 Å². The molecule has 0 aliphatic carbocycles. The molecule has 0 heterocycles. The molecule has 0 aliphatic rings. The Labute approximate surface area is 84.3 Å². The van der Waals surface area contributed by atoms with Crippen LogP contribution in [0.4, 0.5) is 5.69 Å². The van der Waals surface area contributed by atoms with E-state index in [1.807, 2.05) is 31.2 Å². The van der Waals surface area contributed by atoms with Gasteiger partial charge in [-0.2, -0.15) is 0 Å². The maximum Gasteiger partial charge on any atom is 0.224 e. The number of hydrogen-bond donors (Lipinski definition) is 2. The quantitative estimate of drug-likeness (QED) is 0.707. The molecule has 0 radical (unpaired) electrons. The first-order valence-electron chi connectivity index (χ1n) is 4.83. The van der Waals surface area contributed by atoms with E-state index in [0.717, 1.165) is 24.2 Å². The summed E-state index contributed by atoms with van der Waals surface area (Å²) >= 11 is 0. The van der Waals surface area contributed by atoms with E-state index in [1.54, 1.807) is 0 Å². The summed E-state index contributed by atoms with van der Waals surface area (Å²) in [6.07, 6.45) is 1.40. The molecule has 0 fully saturated rings. The molecule has 0 aromatic heterocycles. The van der Waals surface area contributed by atoms with Crippen molar-refractivity contribution in [3.8, 4) is 0 Å². The topological polar surface area (TPSA) is 55.1 Å². The van der Waals surface area contributed by atoms with Crippen LogP contribution in [0.3, 0.4) is 0 Å². The van der Waals surface area contributed by atoms with Crippen molar-refractivity contribution in [2.45, 2.75) is 19.8 Å². The van der Waals surface area contributed by atoms with Crippen LogP contribution in [0.25, 0.3) is 0 Å². The predicted molar refractivity (Wildman–Crippen MR) is 57.9 cm³/mol. The van der Waals surface area contributed by atoms with Crippen LogP contribution in [0.5, 0.6) is 0 Å². The molecule has 1 aromatic carbocycles. The van der Waals surface area contributed by atoms with Gasteiger partial charge in [-0.25, -0.2) is 0 Å². The fraction of sp³-hybridized carbons (Fsp3) is 0.364. The van der Waals surface area contributed by atoms with Gasteiger partial charge in [0.05, 0.1) is 6.42 Å². The number of benzene rings is 1. The Morgan fingerprint density at radius 3 is 2.57 bits per heavy atom. The minimum Gasteiger partial charge on any atom is -0.399 e. The van der Waals surface area contributed by atoms with Crippen LogP contribution in [-0.2, 0) is 11.2 Å². The minimum absolute atomic E-state index is 0.0663. The van der Waals surface area contributed by atoms with Crippen molar-refractivity contribution in [3.05, 3.63) is 29.8 Å². The molecule has 0 unspecified atom stereocenters. The molecule has 0 spiro atoms. The molecule has 0 saturated heterocycles. The van der Waals surface area contributed by atoms with Gasteiger partial charge in [-0.1, -0.05) is 19.1 Å². The van der Waals surface area contributed by atoms with E-state index in [-0.39, 0.29) is 5.91 Å². The Morgan fingerprint density at radius 1 is 1.36 bits per heavy atom. The minimum atomic E-state index is 0.0663. The van der Waals surface area contributed by atoms with E-state index in [4.69, 9.17) is 5.73 Å². The van der Waals surface area contributed by atoms with Crippen molar-refractivity contribution in [2.24, 2.45) is 0 Å². The second kappa shape index (κ2) is 5.27. The first kappa shape index (κ1) is 10.6. The fourth-order valence-electron chi connectivity index (χ4n) is 1.15. The molecule has 3 N–H and O–H groups in total. The standard InChI is InChI=1S/C11H16N2O/c1-2-7-13-11(14)8-9-3-5-10(12)6-4-9/h3-6H,2,7-8,12H2,1H3,(H,13,14). The number of nitrogens with two attached hydrogens (primary N) is 1. The van der Waals surface area contributed by atoms with Crippen LogP contribution in [0, 0.1) is 0 Å². The third kappa shape index (κ3) is 3.47. The van der Waals surface area contributed by atoms with E-state index in [1.165, 1.54) is 0 Å². The van der Waals surface area contributed by atoms with E-state index in [0.29, 0.717) is 6.42 Å². The number of hydrogen-bond acceptors (Lipinski definition) is 2. The number of rotatable bonds is 4. The van der Waals surface area contributed by atoms with Gasteiger partial charge in [-0.3, -0.25) is 4.79 Å². The molecule has 0 atom stereocenters. The molecule has 3 nitrogen and oxygen atoms in total. The molecule has 1 amide bonds. The SMILES string of the molecule is CCCNC(=O)Cc1ccc(N)cc1. The van der Waals surface area contributed by atoms with Crippen LogP contribution in [-0.4, -0.2) is 12.5 Å². The number of anilines is 1. The van der Waals surface area contributed by atoms with Gasteiger partial charge in [-0.15, -0.1) is 0 Å². The molecule has 14 heavy (non-hydrogen) atoms. The lowest BCUT2D eigenvalue weighted by molar-refractivity contribution is -0.120. The highest BCUT2D eigenvalue weighted by molar-refractivity contribution is 5.78. The molecule has 1 aromatic rings. The average Bonchev–Trinajstić information content (AvgIpc) is 2.18.